The number of carbonyl (C=O) groups is 2. The van der Waals surface area contributed by atoms with Crippen molar-refractivity contribution in [2.24, 2.45) is 16.6 Å². The van der Waals surface area contributed by atoms with Gasteiger partial charge in [-0.2, -0.15) is 0 Å². The molecule has 0 aliphatic carbocycles. The molecule has 4 rings (SSSR count). The minimum Gasteiger partial charge on any atom is -0.369 e. The van der Waals surface area contributed by atoms with Crippen molar-refractivity contribution < 1.29 is 9.59 Å². The van der Waals surface area contributed by atoms with Gasteiger partial charge < -0.3 is 10.6 Å². The zero-order valence-corrected chi connectivity index (χ0v) is 17.1. The van der Waals surface area contributed by atoms with Crippen LogP contribution in [0.15, 0.2) is 47.5 Å². The van der Waals surface area contributed by atoms with Crippen molar-refractivity contribution in [3.05, 3.63) is 48.0 Å². The summed E-state index contributed by atoms with van der Waals surface area (Å²) in [5.41, 5.74) is 6.45. The molecule has 29 heavy (non-hydrogen) atoms. The summed E-state index contributed by atoms with van der Waals surface area (Å²) in [5.74, 6) is 0.515. The molecule has 2 aliphatic rings. The summed E-state index contributed by atoms with van der Waals surface area (Å²) in [7, 11) is 1.65. The minimum atomic E-state index is -0.546. The third kappa shape index (κ3) is 3.84. The largest absolute Gasteiger partial charge is 0.369 e. The second-order valence-electron chi connectivity index (χ2n) is 8.49. The van der Waals surface area contributed by atoms with E-state index < -0.39 is 5.54 Å². The van der Waals surface area contributed by atoms with Crippen LogP contribution in [-0.4, -0.2) is 53.2 Å². The summed E-state index contributed by atoms with van der Waals surface area (Å²) >= 11 is 0. The summed E-state index contributed by atoms with van der Waals surface area (Å²) in [6.07, 6.45) is 2.59. The summed E-state index contributed by atoms with van der Waals surface area (Å²) in [6.45, 7) is 3.37. The lowest BCUT2D eigenvalue weighted by molar-refractivity contribution is -0.133. The first-order valence-corrected chi connectivity index (χ1v) is 10.2. The van der Waals surface area contributed by atoms with Gasteiger partial charge in [0.25, 0.3) is 0 Å². The maximum atomic E-state index is 13.0. The van der Waals surface area contributed by atoms with Gasteiger partial charge in [-0.1, -0.05) is 42.5 Å². The Morgan fingerprint density at radius 3 is 2.76 bits per heavy atom. The van der Waals surface area contributed by atoms with Crippen molar-refractivity contribution in [3.8, 4) is 0 Å². The standard InChI is InChI=1S/C23H28N4O2/c1-23(14-21(29)26(2)22(24)25-23)19-8-5-11-27(15-19)20(28)13-16-9-10-17-6-3-4-7-18(17)12-16/h3-4,6-7,9-10,12,19H,5,8,11,13-15H2,1-2H3,(H2,24,25)/t19?,23-/m0/s1. The van der Waals surface area contributed by atoms with Gasteiger partial charge in [0, 0.05) is 26.1 Å². The number of nitrogens with two attached hydrogens (primary N) is 1. The third-order valence-electron chi connectivity index (χ3n) is 6.42. The number of piperidine rings is 1. The number of aliphatic imine (C=N–C) groups is 1. The topological polar surface area (TPSA) is 79.0 Å². The normalized spacial score (nSPS) is 25.2. The van der Waals surface area contributed by atoms with Crippen LogP contribution in [0.2, 0.25) is 0 Å². The van der Waals surface area contributed by atoms with Gasteiger partial charge in [-0.3, -0.25) is 14.5 Å². The first kappa shape index (κ1) is 19.4. The van der Waals surface area contributed by atoms with E-state index in [9.17, 15) is 9.59 Å². The number of benzene rings is 2. The molecule has 2 atom stereocenters. The lowest BCUT2D eigenvalue weighted by atomic mass is 9.77. The summed E-state index contributed by atoms with van der Waals surface area (Å²) < 4.78 is 0. The minimum absolute atomic E-state index is 0.0142. The lowest BCUT2D eigenvalue weighted by Gasteiger charge is -2.43. The van der Waals surface area contributed by atoms with Crippen LogP contribution in [-0.2, 0) is 16.0 Å². The number of likely N-dealkylation sites (tertiary alicyclic amines) is 1. The Hall–Kier alpha value is -2.89. The Morgan fingerprint density at radius 2 is 2.00 bits per heavy atom. The van der Waals surface area contributed by atoms with Crippen molar-refractivity contribution in [1.29, 1.82) is 0 Å². The van der Waals surface area contributed by atoms with Gasteiger partial charge in [0.15, 0.2) is 5.96 Å². The molecule has 6 nitrogen and oxygen atoms in total. The monoisotopic (exact) mass is 392 g/mol. The number of carbonyl (C=O) groups excluding carboxylic acids is 2. The maximum Gasteiger partial charge on any atom is 0.231 e. The van der Waals surface area contributed by atoms with Crippen LogP contribution in [0.3, 0.4) is 0 Å². The van der Waals surface area contributed by atoms with Gasteiger partial charge in [-0.05, 0) is 36.1 Å². The quantitative estimate of drug-likeness (QED) is 0.872. The molecule has 2 amide bonds. The lowest BCUT2D eigenvalue weighted by Crippen LogP contribution is -2.55. The highest BCUT2D eigenvalue weighted by Crippen LogP contribution is 2.35. The van der Waals surface area contributed by atoms with Gasteiger partial charge in [0.05, 0.1) is 18.4 Å². The number of fused-ring (bicyclic) bond motifs is 1. The average Bonchev–Trinajstić information content (AvgIpc) is 2.72. The number of guanidine groups is 1. The van der Waals surface area contributed by atoms with E-state index in [2.05, 4.69) is 29.3 Å². The van der Waals surface area contributed by atoms with E-state index in [-0.39, 0.29) is 23.7 Å². The highest BCUT2D eigenvalue weighted by Gasteiger charge is 2.43. The molecule has 2 heterocycles. The van der Waals surface area contributed by atoms with E-state index in [4.69, 9.17) is 5.73 Å². The van der Waals surface area contributed by atoms with Crippen molar-refractivity contribution in [1.82, 2.24) is 9.80 Å². The van der Waals surface area contributed by atoms with Gasteiger partial charge in [-0.25, -0.2) is 4.99 Å². The molecular weight excluding hydrogens is 364 g/mol. The third-order valence-corrected chi connectivity index (χ3v) is 6.42. The van der Waals surface area contributed by atoms with E-state index in [1.54, 1.807) is 7.05 Å². The zero-order chi connectivity index (χ0) is 20.6. The predicted octanol–water partition coefficient (Wildman–Crippen LogP) is 2.56. The Labute approximate surface area is 171 Å². The SMILES string of the molecule is CN1C(=O)C[C@@](C)(C2CCCN(C(=O)Cc3ccc4ccccc4c3)C2)N=C1N. The Kier molecular flexibility index (Phi) is 5.03. The molecule has 2 aromatic rings. The first-order valence-electron chi connectivity index (χ1n) is 10.2. The maximum absolute atomic E-state index is 13.0. The second-order valence-corrected chi connectivity index (χ2v) is 8.49. The number of hydrogen-bond donors (Lipinski definition) is 1. The average molecular weight is 393 g/mol. The van der Waals surface area contributed by atoms with Crippen molar-refractivity contribution in [2.75, 3.05) is 20.1 Å². The molecule has 0 saturated carbocycles. The summed E-state index contributed by atoms with van der Waals surface area (Å²) in [4.78, 5) is 33.3. The molecule has 1 fully saturated rings. The summed E-state index contributed by atoms with van der Waals surface area (Å²) in [6, 6.07) is 14.4. The van der Waals surface area contributed by atoms with Crippen LogP contribution in [0, 0.1) is 5.92 Å². The molecule has 1 saturated heterocycles. The fraction of sp³-hybridized carbons (Fsp3) is 0.435. The Balaban J connectivity index is 1.47. The van der Waals surface area contributed by atoms with Gasteiger partial charge in [-0.15, -0.1) is 0 Å². The molecule has 6 heteroatoms. The first-order chi connectivity index (χ1) is 13.9. The molecule has 0 spiro atoms. The van der Waals surface area contributed by atoms with Gasteiger partial charge in [0.2, 0.25) is 11.8 Å². The number of nitrogens with zero attached hydrogens (tertiary/aromatic N) is 3. The van der Waals surface area contributed by atoms with Gasteiger partial charge in [0.1, 0.15) is 0 Å². The molecule has 1 unspecified atom stereocenters. The number of amides is 2. The Bertz CT molecular complexity index is 986. The van der Waals surface area contributed by atoms with Crippen LogP contribution in [0.5, 0.6) is 0 Å². The van der Waals surface area contributed by atoms with Crippen LogP contribution in [0.1, 0.15) is 31.7 Å². The van der Waals surface area contributed by atoms with E-state index in [0.29, 0.717) is 19.4 Å². The zero-order valence-electron chi connectivity index (χ0n) is 17.1. The number of hydrogen-bond acceptors (Lipinski definition) is 4. The van der Waals surface area contributed by atoms with Crippen LogP contribution < -0.4 is 5.73 Å². The van der Waals surface area contributed by atoms with Crippen molar-refractivity contribution in [3.63, 3.8) is 0 Å². The number of rotatable bonds is 3. The van der Waals surface area contributed by atoms with Gasteiger partial charge >= 0.3 is 0 Å². The molecule has 152 valence electrons. The molecule has 0 bridgehead atoms. The molecular formula is C23H28N4O2. The highest BCUT2D eigenvalue weighted by molar-refractivity contribution is 5.98. The van der Waals surface area contributed by atoms with Crippen molar-refractivity contribution in [2.45, 2.75) is 38.1 Å². The van der Waals surface area contributed by atoms with Crippen LogP contribution >= 0.6 is 0 Å². The van der Waals surface area contributed by atoms with Crippen LogP contribution in [0.4, 0.5) is 0 Å². The highest BCUT2D eigenvalue weighted by atomic mass is 16.2. The molecule has 0 aromatic heterocycles. The van der Waals surface area contributed by atoms with E-state index in [1.165, 1.54) is 10.3 Å². The molecule has 0 radical (unpaired) electrons. The predicted molar refractivity (Wildman–Crippen MR) is 114 cm³/mol. The van der Waals surface area contributed by atoms with E-state index >= 15 is 0 Å². The second kappa shape index (κ2) is 7.50. The van der Waals surface area contributed by atoms with E-state index in [0.717, 1.165) is 30.3 Å². The fourth-order valence-electron chi connectivity index (χ4n) is 4.51. The molecule has 2 aromatic carbocycles. The fourth-order valence-corrected chi connectivity index (χ4v) is 4.51. The Morgan fingerprint density at radius 1 is 1.24 bits per heavy atom. The van der Waals surface area contributed by atoms with Crippen molar-refractivity contribution >= 4 is 28.5 Å². The molecule has 2 aliphatic heterocycles. The smallest absolute Gasteiger partial charge is 0.231 e. The molecule has 2 N–H and O–H groups in total. The van der Waals surface area contributed by atoms with Crippen LogP contribution in [0.25, 0.3) is 10.8 Å². The summed E-state index contributed by atoms with van der Waals surface area (Å²) in [5, 5.41) is 2.33. The van der Waals surface area contributed by atoms with E-state index in [1.807, 2.05) is 30.0 Å².